The SMILES string of the molecule is CC(C)c1ccc2c3c(C(N)=O)cccc3n(Cc3cccc(Oc4ccccc4)c3)c2c1. The summed E-state index contributed by atoms with van der Waals surface area (Å²) in [5.41, 5.74) is 10.8. The highest BCUT2D eigenvalue weighted by Crippen LogP contribution is 2.34. The Kier molecular flexibility index (Phi) is 5.35. The van der Waals surface area contributed by atoms with Gasteiger partial charge in [-0.05, 0) is 59.5 Å². The molecule has 0 atom stereocenters. The monoisotopic (exact) mass is 434 g/mol. The first kappa shape index (κ1) is 20.8. The van der Waals surface area contributed by atoms with E-state index in [0.29, 0.717) is 18.0 Å². The molecule has 4 aromatic carbocycles. The van der Waals surface area contributed by atoms with Gasteiger partial charge in [-0.3, -0.25) is 4.79 Å². The first-order valence-corrected chi connectivity index (χ1v) is 11.2. The third-order valence-electron chi connectivity index (χ3n) is 6.07. The molecule has 33 heavy (non-hydrogen) atoms. The minimum absolute atomic E-state index is 0.402. The highest BCUT2D eigenvalue weighted by Gasteiger charge is 2.17. The Labute approximate surface area is 193 Å². The molecule has 4 nitrogen and oxygen atoms in total. The summed E-state index contributed by atoms with van der Waals surface area (Å²) in [5.74, 6) is 1.59. The fourth-order valence-electron chi connectivity index (χ4n) is 4.41. The number of rotatable bonds is 6. The van der Waals surface area contributed by atoms with E-state index in [9.17, 15) is 4.79 Å². The summed E-state index contributed by atoms with van der Waals surface area (Å²) in [5, 5.41) is 1.95. The zero-order valence-electron chi connectivity index (χ0n) is 18.8. The predicted octanol–water partition coefficient (Wildman–Crippen LogP) is 6.86. The van der Waals surface area contributed by atoms with E-state index in [4.69, 9.17) is 10.5 Å². The lowest BCUT2D eigenvalue weighted by molar-refractivity contribution is 0.100. The van der Waals surface area contributed by atoms with Crippen LogP contribution < -0.4 is 10.5 Å². The van der Waals surface area contributed by atoms with Crippen LogP contribution in [0.15, 0.2) is 91.0 Å². The maximum absolute atomic E-state index is 12.2. The number of carbonyl (C=O) groups is 1. The van der Waals surface area contributed by atoms with Crippen molar-refractivity contribution in [3.63, 3.8) is 0 Å². The summed E-state index contributed by atoms with van der Waals surface area (Å²) in [6.45, 7) is 5.02. The molecular weight excluding hydrogens is 408 g/mol. The van der Waals surface area contributed by atoms with Crippen LogP contribution in [-0.4, -0.2) is 10.5 Å². The molecule has 0 aliphatic heterocycles. The molecule has 1 heterocycles. The van der Waals surface area contributed by atoms with Gasteiger partial charge < -0.3 is 15.0 Å². The number of benzene rings is 4. The molecule has 4 heteroatoms. The van der Waals surface area contributed by atoms with Gasteiger partial charge in [-0.15, -0.1) is 0 Å². The smallest absolute Gasteiger partial charge is 0.249 e. The Bertz CT molecular complexity index is 1470. The van der Waals surface area contributed by atoms with Crippen molar-refractivity contribution in [2.24, 2.45) is 5.73 Å². The minimum Gasteiger partial charge on any atom is -0.457 e. The molecule has 164 valence electrons. The molecule has 5 aromatic rings. The van der Waals surface area contributed by atoms with Crippen molar-refractivity contribution in [1.29, 1.82) is 0 Å². The standard InChI is InChI=1S/C29H26N2O2/c1-19(2)21-14-15-24-27(17-21)31(26-13-7-12-25(28(24)26)29(30)32)18-20-8-6-11-23(16-20)33-22-9-4-3-5-10-22/h3-17,19H,18H2,1-2H3,(H2,30,32). The first-order chi connectivity index (χ1) is 16.0. The summed E-state index contributed by atoms with van der Waals surface area (Å²) in [4.78, 5) is 12.2. The second kappa shape index (κ2) is 8.47. The fourth-order valence-corrected chi connectivity index (χ4v) is 4.41. The number of primary amides is 1. The van der Waals surface area contributed by atoms with E-state index in [1.807, 2.05) is 48.5 Å². The average Bonchev–Trinajstić information content (AvgIpc) is 3.13. The Balaban J connectivity index is 1.64. The van der Waals surface area contributed by atoms with Crippen LogP contribution in [-0.2, 0) is 6.54 Å². The van der Waals surface area contributed by atoms with E-state index < -0.39 is 5.91 Å². The van der Waals surface area contributed by atoms with Crippen LogP contribution in [0.4, 0.5) is 0 Å². The van der Waals surface area contributed by atoms with Crippen molar-refractivity contribution in [2.45, 2.75) is 26.3 Å². The fraction of sp³-hybridized carbons (Fsp3) is 0.138. The largest absolute Gasteiger partial charge is 0.457 e. The lowest BCUT2D eigenvalue weighted by atomic mass is 10.00. The zero-order valence-corrected chi connectivity index (χ0v) is 18.8. The van der Waals surface area contributed by atoms with Gasteiger partial charge >= 0.3 is 0 Å². The van der Waals surface area contributed by atoms with Crippen molar-refractivity contribution < 1.29 is 9.53 Å². The van der Waals surface area contributed by atoms with Crippen LogP contribution in [0.5, 0.6) is 11.5 Å². The van der Waals surface area contributed by atoms with Crippen molar-refractivity contribution >= 4 is 27.7 Å². The van der Waals surface area contributed by atoms with E-state index >= 15 is 0 Å². The molecule has 0 fully saturated rings. The molecule has 2 N–H and O–H groups in total. The normalized spacial score (nSPS) is 11.4. The van der Waals surface area contributed by atoms with E-state index in [1.165, 1.54) is 5.56 Å². The molecular formula is C29H26N2O2. The predicted molar refractivity (Wildman–Crippen MR) is 134 cm³/mol. The van der Waals surface area contributed by atoms with Crippen molar-refractivity contribution in [3.8, 4) is 11.5 Å². The van der Waals surface area contributed by atoms with E-state index in [0.717, 1.165) is 38.9 Å². The number of para-hydroxylation sites is 1. The van der Waals surface area contributed by atoms with Gasteiger partial charge in [-0.25, -0.2) is 0 Å². The second-order valence-electron chi connectivity index (χ2n) is 8.64. The molecule has 0 saturated heterocycles. The zero-order chi connectivity index (χ0) is 22.9. The maximum Gasteiger partial charge on any atom is 0.249 e. The van der Waals surface area contributed by atoms with Crippen LogP contribution in [0.1, 0.15) is 41.3 Å². The summed E-state index contributed by atoms with van der Waals surface area (Å²) < 4.78 is 8.31. The molecule has 0 aliphatic rings. The number of ether oxygens (including phenoxy) is 1. The highest BCUT2D eigenvalue weighted by atomic mass is 16.5. The first-order valence-electron chi connectivity index (χ1n) is 11.2. The Morgan fingerprint density at radius 2 is 1.61 bits per heavy atom. The van der Waals surface area contributed by atoms with Crippen molar-refractivity contribution in [2.75, 3.05) is 0 Å². The summed E-state index contributed by atoms with van der Waals surface area (Å²) in [6.07, 6.45) is 0. The molecule has 0 spiro atoms. The van der Waals surface area contributed by atoms with E-state index in [1.54, 1.807) is 6.07 Å². The average molecular weight is 435 g/mol. The van der Waals surface area contributed by atoms with E-state index in [-0.39, 0.29) is 0 Å². The van der Waals surface area contributed by atoms with Crippen LogP contribution >= 0.6 is 0 Å². The molecule has 0 unspecified atom stereocenters. The molecule has 0 aliphatic carbocycles. The molecule has 1 amide bonds. The number of hydrogen-bond donors (Lipinski definition) is 1. The minimum atomic E-state index is -0.411. The van der Waals surface area contributed by atoms with Crippen LogP contribution in [0.3, 0.4) is 0 Å². The van der Waals surface area contributed by atoms with Crippen molar-refractivity contribution in [1.82, 2.24) is 4.57 Å². The van der Waals surface area contributed by atoms with Crippen molar-refractivity contribution in [3.05, 3.63) is 108 Å². The third-order valence-corrected chi connectivity index (χ3v) is 6.07. The quantitative estimate of drug-likeness (QED) is 0.317. The third kappa shape index (κ3) is 3.96. The highest BCUT2D eigenvalue weighted by molar-refractivity contribution is 6.18. The molecule has 1 aromatic heterocycles. The summed E-state index contributed by atoms with van der Waals surface area (Å²) in [6, 6.07) is 30.2. The van der Waals surface area contributed by atoms with Gasteiger partial charge in [0.1, 0.15) is 11.5 Å². The number of aromatic nitrogens is 1. The van der Waals surface area contributed by atoms with E-state index in [2.05, 4.69) is 54.8 Å². The van der Waals surface area contributed by atoms with Crippen LogP contribution in [0.2, 0.25) is 0 Å². The number of hydrogen-bond acceptors (Lipinski definition) is 2. The maximum atomic E-state index is 12.2. The second-order valence-corrected chi connectivity index (χ2v) is 8.64. The van der Waals surface area contributed by atoms with Crippen LogP contribution in [0, 0.1) is 0 Å². The van der Waals surface area contributed by atoms with Gasteiger partial charge in [0.2, 0.25) is 5.91 Å². The number of fused-ring (bicyclic) bond motifs is 3. The topological polar surface area (TPSA) is 57.2 Å². The lowest BCUT2D eigenvalue weighted by Gasteiger charge is -2.12. The number of nitrogens with zero attached hydrogens (tertiary/aromatic N) is 1. The van der Waals surface area contributed by atoms with Gasteiger partial charge in [-0.1, -0.05) is 62.4 Å². The molecule has 0 saturated carbocycles. The Morgan fingerprint density at radius 3 is 2.36 bits per heavy atom. The van der Waals surface area contributed by atoms with Gasteiger partial charge in [0.15, 0.2) is 0 Å². The molecule has 5 rings (SSSR count). The molecule has 0 radical (unpaired) electrons. The summed E-state index contributed by atoms with van der Waals surface area (Å²) >= 11 is 0. The number of nitrogens with two attached hydrogens (primary N) is 1. The summed E-state index contributed by atoms with van der Waals surface area (Å²) in [7, 11) is 0. The Hall–Kier alpha value is -4.05. The van der Waals surface area contributed by atoms with Gasteiger partial charge in [0, 0.05) is 28.4 Å². The van der Waals surface area contributed by atoms with Crippen LogP contribution in [0.25, 0.3) is 21.8 Å². The van der Waals surface area contributed by atoms with Gasteiger partial charge in [-0.2, -0.15) is 0 Å². The Morgan fingerprint density at radius 1 is 0.848 bits per heavy atom. The van der Waals surface area contributed by atoms with Gasteiger partial charge in [0.25, 0.3) is 0 Å². The number of amides is 1. The van der Waals surface area contributed by atoms with Gasteiger partial charge in [0.05, 0.1) is 5.52 Å². The lowest BCUT2D eigenvalue weighted by Crippen LogP contribution is -2.11. The molecule has 0 bridgehead atoms. The number of carbonyl (C=O) groups excluding carboxylic acids is 1.